The largest absolute Gasteiger partial charge is 0.480 e. The summed E-state index contributed by atoms with van der Waals surface area (Å²) in [5, 5.41) is 6.93. The van der Waals surface area contributed by atoms with Crippen molar-refractivity contribution in [2.45, 2.75) is 25.0 Å². The van der Waals surface area contributed by atoms with E-state index in [0.717, 1.165) is 4.09 Å². The topological polar surface area (TPSA) is 99.0 Å². The Balaban J connectivity index is 1.88. The maximum absolute atomic E-state index is 12.2. The second-order valence-corrected chi connectivity index (χ2v) is 7.40. The molecule has 0 spiro atoms. The van der Waals surface area contributed by atoms with Crippen LogP contribution in [-0.4, -0.2) is 39.9 Å². The second-order valence-electron chi connectivity index (χ2n) is 4.92. The standard InChI is InChI=1S/C12H14ClN5O3S/c1-7-10(6-18(17-7)22(19,20)8-3-4-8)15-12-14-5-9(13)11(16-12)21-2/h5-6,8H,3-4H2,1-2H3,(H,14,15,16). The number of rotatable bonds is 5. The summed E-state index contributed by atoms with van der Waals surface area (Å²) in [6.45, 7) is 1.70. The van der Waals surface area contributed by atoms with Crippen LogP contribution in [0.2, 0.25) is 5.02 Å². The van der Waals surface area contributed by atoms with E-state index in [9.17, 15) is 8.42 Å². The Labute approximate surface area is 132 Å². The summed E-state index contributed by atoms with van der Waals surface area (Å²) in [4.78, 5) is 8.10. The zero-order valence-corrected chi connectivity index (χ0v) is 13.5. The van der Waals surface area contributed by atoms with Crippen molar-refractivity contribution in [3.8, 4) is 5.88 Å². The lowest BCUT2D eigenvalue weighted by Gasteiger charge is -2.05. The second kappa shape index (κ2) is 5.40. The molecule has 1 N–H and O–H groups in total. The fraction of sp³-hybridized carbons (Fsp3) is 0.417. The minimum absolute atomic E-state index is 0.231. The van der Waals surface area contributed by atoms with Gasteiger partial charge in [-0.3, -0.25) is 0 Å². The lowest BCUT2D eigenvalue weighted by Crippen LogP contribution is -2.17. The molecule has 118 valence electrons. The number of nitrogens with zero attached hydrogens (tertiary/aromatic N) is 4. The van der Waals surface area contributed by atoms with Gasteiger partial charge in [0.1, 0.15) is 5.02 Å². The first kappa shape index (κ1) is 15.0. The van der Waals surface area contributed by atoms with Gasteiger partial charge in [0, 0.05) is 0 Å². The number of hydrogen-bond acceptors (Lipinski definition) is 7. The van der Waals surface area contributed by atoms with Gasteiger partial charge in [0.2, 0.25) is 11.8 Å². The number of nitrogens with one attached hydrogen (secondary N) is 1. The minimum atomic E-state index is -3.40. The Morgan fingerprint density at radius 3 is 2.82 bits per heavy atom. The van der Waals surface area contributed by atoms with Gasteiger partial charge in [-0.05, 0) is 19.8 Å². The Morgan fingerprint density at radius 1 is 1.45 bits per heavy atom. The Morgan fingerprint density at radius 2 is 2.18 bits per heavy atom. The minimum Gasteiger partial charge on any atom is -0.480 e. The smallest absolute Gasteiger partial charge is 0.256 e. The first-order valence-electron chi connectivity index (χ1n) is 6.56. The van der Waals surface area contributed by atoms with Crippen LogP contribution in [0.15, 0.2) is 12.4 Å². The fourth-order valence-corrected chi connectivity index (χ4v) is 3.58. The van der Waals surface area contributed by atoms with Crippen LogP contribution in [0.5, 0.6) is 5.88 Å². The molecule has 1 aliphatic carbocycles. The molecule has 0 saturated heterocycles. The number of aryl methyl sites for hydroxylation is 1. The highest BCUT2D eigenvalue weighted by Crippen LogP contribution is 2.31. The van der Waals surface area contributed by atoms with Gasteiger partial charge in [0.15, 0.2) is 0 Å². The average molecular weight is 344 g/mol. The SMILES string of the molecule is COc1nc(Nc2cn(S(=O)(=O)C3CC3)nc2C)ncc1Cl. The van der Waals surface area contributed by atoms with Crippen LogP contribution in [0.25, 0.3) is 0 Å². The zero-order chi connectivity index (χ0) is 15.9. The Hall–Kier alpha value is -1.87. The third kappa shape index (κ3) is 2.73. The van der Waals surface area contributed by atoms with Gasteiger partial charge in [-0.1, -0.05) is 11.6 Å². The van der Waals surface area contributed by atoms with E-state index in [1.165, 1.54) is 19.5 Å². The van der Waals surface area contributed by atoms with Crippen molar-refractivity contribution in [2.24, 2.45) is 0 Å². The molecular weight excluding hydrogens is 330 g/mol. The van der Waals surface area contributed by atoms with Crippen molar-refractivity contribution in [1.82, 2.24) is 19.2 Å². The molecular formula is C12H14ClN5O3S. The van der Waals surface area contributed by atoms with E-state index in [2.05, 4.69) is 20.4 Å². The number of ether oxygens (including phenoxy) is 1. The monoisotopic (exact) mass is 343 g/mol. The molecule has 0 bridgehead atoms. The average Bonchev–Trinajstić information content (AvgIpc) is 3.27. The maximum Gasteiger partial charge on any atom is 0.256 e. The number of hydrogen-bond donors (Lipinski definition) is 1. The van der Waals surface area contributed by atoms with Gasteiger partial charge in [-0.15, -0.1) is 0 Å². The molecule has 0 unspecified atom stereocenters. The lowest BCUT2D eigenvalue weighted by atomic mass is 10.4. The molecule has 22 heavy (non-hydrogen) atoms. The zero-order valence-electron chi connectivity index (χ0n) is 11.9. The summed E-state index contributed by atoms with van der Waals surface area (Å²) in [5.74, 6) is 0.475. The quantitative estimate of drug-likeness (QED) is 0.882. The molecule has 8 nitrogen and oxygen atoms in total. The highest BCUT2D eigenvalue weighted by molar-refractivity contribution is 7.90. The predicted molar refractivity (Wildman–Crippen MR) is 81.2 cm³/mol. The normalized spacial score (nSPS) is 14.9. The molecule has 2 aromatic heterocycles. The molecule has 2 aromatic rings. The number of halogens is 1. The van der Waals surface area contributed by atoms with Gasteiger partial charge in [0.25, 0.3) is 10.0 Å². The number of aromatic nitrogens is 4. The van der Waals surface area contributed by atoms with E-state index in [1.807, 2.05) is 0 Å². The third-order valence-electron chi connectivity index (χ3n) is 3.24. The molecule has 2 heterocycles. The Bertz CT molecular complexity index is 816. The lowest BCUT2D eigenvalue weighted by molar-refractivity contribution is 0.398. The molecule has 0 atom stereocenters. The summed E-state index contributed by atoms with van der Waals surface area (Å²) < 4.78 is 30.3. The van der Waals surface area contributed by atoms with Crippen LogP contribution in [-0.2, 0) is 10.0 Å². The van der Waals surface area contributed by atoms with Gasteiger partial charge < -0.3 is 10.1 Å². The van der Waals surface area contributed by atoms with E-state index in [0.29, 0.717) is 24.2 Å². The van der Waals surface area contributed by atoms with Crippen molar-refractivity contribution in [3.63, 3.8) is 0 Å². The van der Waals surface area contributed by atoms with Crippen molar-refractivity contribution in [1.29, 1.82) is 0 Å². The molecule has 3 rings (SSSR count). The highest BCUT2D eigenvalue weighted by Gasteiger charge is 2.38. The molecule has 1 saturated carbocycles. The molecule has 0 radical (unpaired) electrons. The number of methoxy groups -OCH3 is 1. The van der Waals surface area contributed by atoms with Gasteiger partial charge in [-0.2, -0.15) is 14.2 Å². The Kier molecular flexibility index (Phi) is 3.69. The van der Waals surface area contributed by atoms with E-state index in [4.69, 9.17) is 16.3 Å². The van der Waals surface area contributed by atoms with Gasteiger partial charge in [0.05, 0.1) is 36.1 Å². The van der Waals surface area contributed by atoms with E-state index in [1.54, 1.807) is 6.92 Å². The molecule has 1 fully saturated rings. The summed E-state index contributed by atoms with van der Waals surface area (Å²) in [6.07, 6.45) is 4.19. The van der Waals surface area contributed by atoms with E-state index < -0.39 is 10.0 Å². The van der Waals surface area contributed by atoms with Gasteiger partial charge >= 0.3 is 0 Å². The predicted octanol–water partition coefficient (Wildman–Crippen LogP) is 1.73. The van der Waals surface area contributed by atoms with Gasteiger partial charge in [-0.25, -0.2) is 13.4 Å². The van der Waals surface area contributed by atoms with Crippen LogP contribution in [0.4, 0.5) is 11.6 Å². The highest BCUT2D eigenvalue weighted by atomic mass is 35.5. The van der Waals surface area contributed by atoms with Crippen LogP contribution in [0, 0.1) is 6.92 Å². The third-order valence-corrected chi connectivity index (χ3v) is 5.52. The maximum atomic E-state index is 12.2. The summed E-state index contributed by atoms with van der Waals surface area (Å²) in [7, 11) is -1.95. The molecule has 0 aliphatic heterocycles. The number of anilines is 2. The summed E-state index contributed by atoms with van der Waals surface area (Å²) in [5.41, 5.74) is 1.04. The van der Waals surface area contributed by atoms with Crippen LogP contribution < -0.4 is 10.1 Å². The summed E-state index contributed by atoms with van der Waals surface area (Å²) in [6, 6.07) is 0. The van der Waals surface area contributed by atoms with Crippen LogP contribution >= 0.6 is 11.6 Å². The first-order valence-corrected chi connectivity index (χ1v) is 8.44. The summed E-state index contributed by atoms with van der Waals surface area (Å²) >= 11 is 5.86. The molecule has 10 heteroatoms. The molecule has 1 aliphatic rings. The van der Waals surface area contributed by atoms with Crippen LogP contribution in [0.1, 0.15) is 18.5 Å². The van der Waals surface area contributed by atoms with Crippen LogP contribution in [0.3, 0.4) is 0 Å². The first-order chi connectivity index (χ1) is 10.4. The van der Waals surface area contributed by atoms with Crippen molar-refractivity contribution < 1.29 is 13.2 Å². The fourth-order valence-electron chi connectivity index (χ4n) is 1.88. The van der Waals surface area contributed by atoms with E-state index >= 15 is 0 Å². The van der Waals surface area contributed by atoms with Crippen molar-refractivity contribution in [3.05, 3.63) is 23.1 Å². The van der Waals surface area contributed by atoms with E-state index in [-0.39, 0.29) is 22.1 Å². The molecule has 0 aromatic carbocycles. The van der Waals surface area contributed by atoms with Crippen molar-refractivity contribution >= 4 is 33.3 Å². The van der Waals surface area contributed by atoms with Crippen molar-refractivity contribution in [2.75, 3.05) is 12.4 Å². The molecule has 0 amide bonds.